The number of hydrogen-bond acceptors (Lipinski definition) is 5. The summed E-state index contributed by atoms with van der Waals surface area (Å²) in [6.07, 6.45) is -0.551. The minimum absolute atomic E-state index is 0.222. The molecule has 0 aliphatic carbocycles. The van der Waals surface area contributed by atoms with Crippen LogP contribution in [0.1, 0.15) is 32.8 Å². The molecule has 0 saturated carbocycles. The average Bonchev–Trinajstić information content (AvgIpc) is 2.96. The molecule has 1 aliphatic rings. The number of carbonyl (C=O) groups excluding carboxylic acids is 2. The normalized spacial score (nSPS) is 20.8. The molecule has 1 saturated heterocycles. The monoisotopic (exact) mass is 335 g/mol. The van der Waals surface area contributed by atoms with Gasteiger partial charge in [-0.3, -0.25) is 9.69 Å². The molecule has 1 fully saturated rings. The molecule has 0 unspecified atom stereocenters. The molecule has 1 amide bonds. The summed E-state index contributed by atoms with van der Waals surface area (Å²) in [4.78, 5) is 26.0. The fourth-order valence-electron chi connectivity index (χ4n) is 2.55. The van der Waals surface area contributed by atoms with Crippen molar-refractivity contribution in [2.24, 2.45) is 5.92 Å². The van der Waals surface area contributed by atoms with Gasteiger partial charge in [-0.05, 0) is 26.3 Å². The number of ether oxygens (including phenoxy) is 3. The van der Waals surface area contributed by atoms with Crippen LogP contribution in [-0.2, 0) is 25.6 Å². The van der Waals surface area contributed by atoms with E-state index in [1.165, 1.54) is 12.0 Å². The summed E-state index contributed by atoms with van der Waals surface area (Å²) in [5.74, 6) is -0.738. The van der Waals surface area contributed by atoms with Crippen LogP contribution in [0.4, 0.5) is 4.79 Å². The number of benzene rings is 1. The van der Waals surface area contributed by atoms with Crippen molar-refractivity contribution < 1.29 is 23.8 Å². The van der Waals surface area contributed by atoms with Gasteiger partial charge in [0.1, 0.15) is 18.4 Å². The average molecular weight is 335 g/mol. The molecule has 0 radical (unpaired) electrons. The molecule has 24 heavy (non-hydrogen) atoms. The second-order valence-electron chi connectivity index (χ2n) is 6.85. The van der Waals surface area contributed by atoms with Crippen molar-refractivity contribution in [3.05, 3.63) is 35.9 Å². The molecule has 6 nitrogen and oxygen atoms in total. The zero-order valence-electron chi connectivity index (χ0n) is 14.7. The maximum absolute atomic E-state index is 12.3. The van der Waals surface area contributed by atoms with Crippen LogP contribution in [0.2, 0.25) is 0 Å². The lowest BCUT2D eigenvalue weighted by atomic mass is 10.1. The molecule has 6 heteroatoms. The molecule has 1 heterocycles. The van der Waals surface area contributed by atoms with E-state index >= 15 is 0 Å². The predicted octanol–water partition coefficient (Wildman–Crippen LogP) is 2.96. The van der Waals surface area contributed by atoms with Crippen LogP contribution >= 0.6 is 0 Å². The second-order valence-corrected chi connectivity index (χ2v) is 6.85. The smallest absolute Gasteiger partial charge is 0.412 e. The van der Waals surface area contributed by atoms with Gasteiger partial charge in [0, 0.05) is 20.1 Å². The standard InChI is InChI=1S/C18H25NO5/c1-18(2,3)24-17(21)19-11-14(10-15(19)22-4)16(20)23-12-13-8-6-5-7-9-13/h5-9,14-15H,10-12H2,1-4H3/t14-,15-/m0/s1. The van der Waals surface area contributed by atoms with E-state index in [2.05, 4.69) is 0 Å². The van der Waals surface area contributed by atoms with Crippen molar-refractivity contribution in [2.45, 2.75) is 45.6 Å². The molecule has 0 aromatic heterocycles. The Labute approximate surface area is 142 Å². The van der Waals surface area contributed by atoms with Crippen LogP contribution in [0, 0.1) is 5.92 Å². The van der Waals surface area contributed by atoms with E-state index in [4.69, 9.17) is 14.2 Å². The maximum atomic E-state index is 12.3. The number of amides is 1. The number of esters is 1. The summed E-state index contributed by atoms with van der Waals surface area (Å²) in [6, 6.07) is 9.48. The third-order valence-corrected chi connectivity index (χ3v) is 3.71. The summed E-state index contributed by atoms with van der Waals surface area (Å²) >= 11 is 0. The first-order chi connectivity index (χ1) is 11.3. The van der Waals surface area contributed by atoms with Crippen molar-refractivity contribution in [1.82, 2.24) is 4.90 Å². The molecule has 1 aromatic rings. The van der Waals surface area contributed by atoms with Gasteiger partial charge in [0.25, 0.3) is 0 Å². The Morgan fingerprint density at radius 3 is 2.46 bits per heavy atom. The highest BCUT2D eigenvalue weighted by Gasteiger charge is 2.41. The van der Waals surface area contributed by atoms with Crippen LogP contribution in [0.15, 0.2) is 30.3 Å². The Morgan fingerprint density at radius 2 is 1.88 bits per heavy atom. The molecule has 1 aromatic carbocycles. The molecule has 2 rings (SSSR count). The van der Waals surface area contributed by atoms with Gasteiger partial charge < -0.3 is 14.2 Å². The van der Waals surface area contributed by atoms with Crippen LogP contribution in [-0.4, -0.2) is 42.4 Å². The lowest BCUT2D eigenvalue weighted by molar-refractivity contribution is -0.149. The van der Waals surface area contributed by atoms with Crippen molar-refractivity contribution in [3.63, 3.8) is 0 Å². The van der Waals surface area contributed by atoms with E-state index < -0.39 is 23.8 Å². The van der Waals surface area contributed by atoms with Gasteiger partial charge in [0.2, 0.25) is 0 Å². The fourth-order valence-corrected chi connectivity index (χ4v) is 2.55. The Hall–Kier alpha value is -2.08. The third kappa shape index (κ3) is 4.96. The van der Waals surface area contributed by atoms with Gasteiger partial charge in [-0.15, -0.1) is 0 Å². The van der Waals surface area contributed by atoms with E-state index in [0.717, 1.165) is 5.56 Å². The number of carbonyl (C=O) groups is 2. The number of nitrogens with zero attached hydrogens (tertiary/aromatic N) is 1. The Balaban J connectivity index is 1.92. The van der Waals surface area contributed by atoms with E-state index in [0.29, 0.717) is 6.42 Å². The third-order valence-electron chi connectivity index (χ3n) is 3.71. The lowest BCUT2D eigenvalue weighted by Crippen LogP contribution is -2.40. The predicted molar refractivity (Wildman–Crippen MR) is 88.1 cm³/mol. The number of methoxy groups -OCH3 is 1. The van der Waals surface area contributed by atoms with E-state index in [-0.39, 0.29) is 19.1 Å². The van der Waals surface area contributed by atoms with Crippen LogP contribution < -0.4 is 0 Å². The van der Waals surface area contributed by atoms with Crippen LogP contribution in [0.3, 0.4) is 0 Å². The molecule has 0 bridgehead atoms. The highest BCUT2D eigenvalue weighted by atomic mass is 16.6. The number of hydrogen-bond donors (Lipinski definition) is 0. The minimum atomic E-state index is -0.596. The van der Waals surface area contributed by atoms with E-state index in [1.807, 2.05) is 30.3 Å². The van der Waals surface area contributed by atoms with E-state index in [1.54, 1.807) is 20.8 Å². The molecular formula is C18H25NO5. The zero-order valence-corrected chi connectivity index (χ0v) is 14.7. The van der Waals surface area contributed by atoms with Gasteiger partial charge >= 0.3 is 12.1 Å². The van der Waals surface area contributed by atoms with Gasteiger partial charge in [0.05, 0.1) is 5.92 Å². The highest BCUT2D eigenvalue weighted by Crippen LogP contribution is 2.27. The first kappa shape index (κ1) is 18.3. The Morgan fingerprint density at radius 1 is 1.21 bits per heavy atom. The lowest BCUT2D eigenvalue weighted by Gasteiger charge is -2.27. The summed E-state index contributed by atoms with van der Waals surface area (Å²) < 4.78 is 16.0. The van der Waals surface area contributed by atoms with Crippen molar-refractivity contribution in [1.29, 1.82) is 0 Å². The molecule has 132 valence electrons. The highest BCUT2D eigenvalue weighted by molar-refractivity contribution is 5.76. The Bertz CT molecular complexity index is 567. The van der Waals surface area contributed by atoms with Gasteiger partial charge in [-0.1, -0.05) is 30.3 Å². The maximum Gasteiger partial charge on any atom is 0.412 e. The summed E-state index contributed by atoms with van der Waals surface area (Å²) in [5, 5.41) is 0. The Kier molecular flexibility index (Phi) is 5.83. The molecule has 0 spiro atoms. The molecule has 0 N–H and O–H groups in total. The quantitative estimate of drug-likeness (QED) is 0.792. The summed E-state index contributed by atoms with van der Waals surface area (Å²) in [5.41, 5.74) is 0.331. The first-order valence-electron chi connectivity index (χ1n) is 8.03. The van der Waals surface area contributed by atoms with Crippen molar-refractivity contribution >= 4 is 12.1 Å². The first-order valence-corrected chi connectivity index (χ1v) is 8.03. The number of rotatable bonds is 4. The summed E-state index contributed by atoms with van der Waals surface area (Å²) in [7, 11) is 1.51. The van der Waals surface area contributed by atoms with Crippen LogP contribution in [0.25, 0.3) is 0 Å². The molecule has 1 aliphatic heterocycles. The minimum Gasteiger partial charge on any atom is -0.461 e. The largest absolute Gasteiger partial charge is 0.461 e. The SMILES string of the molecule is CO[C@H]1C[C@H](C(=O)OCc2ccccc2)CN1C(=O)OC(C)(C)C. The number of likely N-dealkylation sites (tertiary alicyclic amines) is 1. The second kappa shape index (κ2) is 7.66. The molecule has 2 atom stereocenters. The molecular weight excluding hydrogens is 310 g/mol. The van der Waals surface area contributed by atoms with Gasteiger partial charge in [-0.25, -0.2) is 4.79 Å². The van der Waals surface area contributed by atoms with Crippen LogP contribution in [0.5, 0.6) is 0 Å². The van der Waals surface area contributed by atoms with Gasteiger partial charge in [-0.2, -0.15) is 0 Å². The van der Waals surface area contributed by atoms with Crippen molar-refractivity contribution in [3.8, 4) is 0 Å². The topological polar surface area (TPSA) is 65.1 Å². The zero-order chi connectivity index (χ0) is 17.7. The summed E-state index contributed by atoms with van der Waals surface area (Å²) in [6.45, 7) is 5.86. The van der Waals surface area contributed by atoms with E-state index in [9.17, 15) is 9.59 Å². The van der Waals surface area contributed by atoms with Crippen molar-refractivity contribution in [2.75, 3.05) is 13.7 Å². The van der Waals surface area contributed by atoms with Gasteiger partial charge in [0.15, 0.2) is 0 Å². The fraction of sp³-hybridized carbons (Fsp3) is 0.556.